The van der Waals surface area contributed by atoms with Gasteiger partial charge in [-0.05, 0) is 20.8 Å². The zero-order valence-corrected chi connectivity index (χ0v) is 11.6. The fourth-order valence-corrected chi connectivity index (χ4v) is 2.73. The fourth-order valence-electron chi connectivity index (χ4n) is 2.73. The van der Waals surface area contributed by atoms with Gasteiger partial charge in [-0.3, -0.25) is 4.79 Å². The Morgan fingerprint density at radius 3 is 1.83 bits per heavy atom. The van der Waals surface area contributed by atoms with E-state index in [-0.39, 0.29) is 12.0 Å². The second kappa shape index (κ2) is 4.44. The summed E-state index contributed by atoms with van der Waals surface area (Å²) in [5.74, 6) is 0.969. The highest BCUT2D eigenvalue weighted by molar-refractivity contribution is 5.74. The molecule has 5 heteroatoms. The van der Waals surface area contributed by atoms with Crippen molar-refractivity contribution in [1.29, 1.82) is 0 Å². The maximum Gasteiger partial charge on any atom is 0.410 e. The summed E-state index contributed by atoms with van der Waals surface area (Å²) in [6.07, 6.45) is -0.230. The van der Waals surface area contributed by atoms with Crippen molar-refractivity contribution in [3.63, 3.8) is 0 Å². The van der Waals surface area contributed by atoms with Gasteiger partial charge >= 0.3 is 6.09 Å². The normalized spacial score (nSPS) is 27.3. The van der Waals surface area contributed by atoms with E-state index in [0.29, 0.717) is 24.9 Å². The predicted molar refractivity (Wildman–Crippen MR) is 67.0 cm³/mol. The molecule has 0 spiro atoms. The lowest BCUT2D eigenvalue weighted by Gasteiger charge is -2.25. The van der Waals surface area contributed by atoms with E-state index in [9.17, 15) is 9.59 Å². The van der Waals surface area contributed by atoms with Gasteiger partial charge in [0.15, 0.2) is 0 Å². The third kappa shape index (κ3) is 2.76. The Labute approximate surface area is 108 Å². The Morgan fingerprint density at radius 1 is 1.00 bits per heavy atom. The summed E-state index contributed by atoms with van der Waals surface area (Å²) in [5, 5.41) is 0. The van der Waals surface area contributed by atoms with E-state index in [0.717, 1.165) is 13.1 Å². The quantitative estimate of drug-likeness (QED) is 0.655. The zero-order valence-electron chi connectivity index (χ0n) is 11.6. The van der Waals surface area contributed by atoms with Gasteiger partial charge in [0.2, 0.25) is 5.91 Å². The van der Waals surface area contributed by atoms with E-state index in [4.69, 9.17) is 4.74 Å². The first-order chi connectivity index (χ1) is 8.26. The van der Waals surface area contributed by atoms with Crippen LogP contribution in [0.2, 0.25) is 0 Å². The SMILES string of the molecule is CC(=O)N1C[C@@H]2CN(C(=O)OC(C)(C)C)C[C@H]2C1. The average molecular weight is 254 g/mol. The molecule has 2 atom stereocenters. The molecule has 0 aromatic heterocycles. The van der Waals surface area contributed by atoms with E-state index < -0.39 is 5.60 Å². The highest BCUT2D eigenvalue weighted by Gasteiger charge is 2.43. The maximum atomic E-state index is 11.9. The monoisotopic (exact) mass is 254 g/mol. The van der Waals surface area contributed by atoms with Gasteiger partial charge in [0.05, 0.1) is 0 Å². The van der Waals surface area contributed by atoms with Crippen molar-refractivity contribution in [3.05, 3.63) is 0 Å². The number of nitrogens with zero attached hydrogens (tertiary/aromatic N) is 2. The molecule has 2 aliphatic heterocycles. The van der Waals surface area contributed by atoms with Crippen LogP contribution in [0.5, 0.6) is 0 Å². The summed E-state index contributed by atoms with van der Waals surface area (Å²) in [4.78, 5) is 26.9. The lowest BCUT2D eigenvalue weighted by molar-refractivity contribution is -0.128. The first-order valence-electron chi connectivity index (χ1n) is 6.49. The number of ether oxygens (including phenoxy) is 1. The van der Waals surface area contributed by atoms with Crippen molar-refractivity contribution < 1.29 is 14.3 Å². The summed E-state index contributed by atoms with van der Waals surface area (Å²) in [5.41, 5.74) is -0.444. The molecule has 0 aromatic carbocycles. The van der Waals surface area contributed by atoms with Gasteiger partial charge in [-0.15, -0.1) is 0 Å². The summed E-state index contributed by atoms with van der Waals surface area (Å²) in [7, 11) is 0. The highest BCUT2D eigenvalue weighted by atomic mass is 16.6. The van der Waals surface area contributed by atoms with Gasteiger partial charge in [-0.25, -0.2) is 4.79 Å². The Hall–Kier alpha value is -1.26. The number of fused-ring (bicyclic) bond motifs is 1. The number of carbonyl (C=O) groups is 2. The van der Waals surface area contributed by atoms with Crippen LogP contribution in [-0.2, 0) is 9.53 Å². The molecule has 0 radical (unpaired) electrons. The molecule has 5 nitrogen and oxygen atoms in total. The first-order valence-corrected chi connectivity index (χ1v) is 6.49. The molecular weight excluding hydrogens is 232 g/mol. The highest BCUT2D eigenvalue weighted by Crippen LogP contribution is 2.31. The lowest BCUT2D eigenvalue weighted by atomic mass is 10.0. The van der Waals surface area contributed by atoms with E-state index in [1.54, 1.807) is 11.8 Å². The standard InChI is InChI=1S/C13H22N2O3/c1-9(16)14-5-10-7-15(8-11(10)6-14)12(17)18-13(2,3)4/h10-11H,5-8H2,1-4H3/t10-,11-/m1/s1. The molecule has 2 heterocycles. The van der Waals surface area contributed by atoms with Crippen molar-refractivity contribution >= 4 is 12.0 Å². The molecule has 0 unspecified atom stereocenters. The molecule has 0 aliphatic carbocycles. The van der Waals surface area contributed by atoms with Crippen LogP contribution < -0.4 is 0 Å². The molecule has 2 fully saturated rings. The van der Waals surface area contributed by atoms with E-state index in [1.165, 1.54) is 0 Å². The van der Waals surface area contributed by atoms with Crippen LogP contribution in [0.3, 0.4) is 0 Å². The second-order valence-corrected chi connectivity index (χ2v) is 6.33. The number of amides is 2. The Kier molecular flexibility index (Phi) is 3.25. The lowest BCUT2D eigenvalue weighted by Crippen LogP contribution is -2.38. The van der Waals surface area contributed by atoms with Gasteiger partial charge in [0, 0.05) is 44.9 Å². The molecule has 2 aliphatic rings. The molecule has 2 amide bonds. The number of likely N-dealkylation sites (tertiary alicyclic amines) is 2. The Balaban J connectivity index is 1.89. The van der Waals surface area contributed by atoms with Crippen LogP contribution in [0.1, 0.15) is 27.7 Å². The summed E-state index contributed by atoms with van der Waals surface area (Å²) in [6.45, 7) is 10.2. The largest absolute Gasteiger partial charge is 0.444 e. The molecule has 2 rings (SSSR count). The van der Waals surface area contributed by atoms with Gasteiger partial charge in [0.1, 0.15) is 5.60 Å². The molecule has 0 aromatic rings. The van der Waals surface area contributed by atoms with Crippen molar-refractivity contribution in [2.75, 3.05) is 26.2 Å². The first kappa shape index (κ1) is 13.2. The Morgan fingerprint density at radius 2 is 1.44 bits per heavy atom. The third-order valence-electron chi connectivity index (χ3n) is 3.58. The maximum absolute atomic E-state index is 11.9. The van der Waals surface area contributed by atoms with Crippen molar-refractivity contribution in [1.82, 2.24) is 9.80 Å². The molecular formula is C13H22N2O3. The molecule has 2 saturated heterocycles. The van der Waals surface area contributed by atoms with E-state index in [1.807, 2.05) is 25.7 Å². The van der Waals surface area contributed by atoms with Crippen LogP contribution in [-0.4, -0.2) is 53.6 Å². The molecule has 0 saturated carbocycles. The van der Waals surface area contributed by atoms with Crippen LogP contribution in [0.15, 0.2) is 0 Å². The zero-order chi connectivity index (χ0) is 13.5. The van der Waals surface area contributed by atoms with Crippen molar-refractivity contribution in [3.8, 4) is 0 Å². The minimum Gasteiger partial charge on any atom is -0.444 e. The minimum absolute atomic E-state index is 0.133. The molecule has 18 heavy (non-hydrogen) atoms. The fraction of sp³-hybridized carbons (Fsp3) is 0.846. The smallest absolute Gasteiger partial charge is 0.410 e. The van der Waals surface area contributed by atoms with E-state index in [2.05, 4.69) is 0 Å². The van der Waals surface area contributed by atoms with Gasteiger partial charge in [-0.2, -0.15) is 0 Å². The molecule has 0 N–H and O–H groups in total. The number of rotatable bonds is 0. The second-order valence-electron chi connectivity index (χ2n) is 6.33. The average Bonchev–Trinajstić information content (AvgIpc) is 2.69. The van der Waals surface area contributed by atoms with Crippen LogP contribution in [0.4, 0.5) is 4.79 Å². The van der Waals surface area contributed by atoms with Gasteiger partial charge < -0.3 is 14.5 Å². The van der Waals surface area contributed by atoms with Crippen LogP contribution >= 0.6 is 0 Å². The number of carbonyl (C=O) groups excluding carboxylic acids is 2. The number of hydrogen-bond donors (Lipinski definition) is 0. The van der Waals surface area contributed by atoms with Gasteiger partial charge in [0.25, 0.3) is 0 Å². The Bertz CT molecular complexity index is 348. The van der Waals surface area contributed by atoms with Crippen LogP contribution in [0, 0.1) is 11.8 Å². The van der Waals surface area contributed by atoms with Crippen molar-refractivity contribution in [2.24, 2.45) is 11.8 Å². The van der Waals surface area contributed by atoms with Gasteiger partial charge in [-0.1, -0.05) is 0 Å². The van der Waals surface area contributed by atoms with Crippen molar-refractivity contribution in [2.45, 2.75) is 33.3 Å². The molecule has 0 bridgehead atoms. The molecule has 102 valence electrons. The summed E-state index contributed by atoms with van der Waals surface area (Å²) < 4.78 is 5.37. The number of hydrogen-bond acceptors (Lipinski definition) is 3. The predicted octanol–water partition coefficient (Wildman–Crippen LogP) is 1.33. The summed E-state index contributed by atoms with van der Waals surface area (Å²) in [6, 6.07) is 0. The topological polar surface area (TPSA) is 49.9 Å². The minimum atomic E-state index is -0.444. The summed E-state index contributed by atoms with van der Waals surface area (Å²) >= 11 is 0. The third-order valence-corrected chi connectivity index (χ3v) is 3.58. The van der Waals surface area contributed by atoms with E-state index >= 15 is 0 Å². The van der Waals surface area contributed by atoms with Crippen LogP contribution in [0.25, 0.3) is 0 Å².